The highest BCUT2D eigenvalue weighted by molar-refractivity contribution is 7.89. The van der Waals surface area contributed by atoms with Crippen LogP contribution in [-0.2, 0) is 16.4 Å². The molecule has 2 rings (SSSR count). The predicted molar refractivity (Wildman–Crippen MR) is 84.3 cm³/mol. The van der Waals surface area contributed by atoms with Gasteiger partial charge in [0.05, 0.1) is 11.3 Å². The number of likely N-dealkylation sites (N-methyl/N-ethyl adjacent to an activating group) is 1. The van der Waals surface area contributed by atoms with Crippen molar-refractivity contribution in [1.29, 1.82) is 0 Å². The maximum absolute atomic E-state index is 12.5. The van der Waals surface area contributed by atoms with Gasteiger partial charge in [-0.25, -0.2) is 8.42 Å². The molecule has 1 aliphatic heterocycles. The molecule has 132 valence electrons. The SMILES string of the molecule is CNC1CCCN(S(=O)(=O)c2ccc(CC(F)(F)F)cc2)C1.Cl. The molecule has 1 aromatic carbocycles. The molecule has 1 atom stereocenters. The van der Waals surface area contributed by atoms with Gasteiger partial charge in [-0.1, -0.05) is 12.1 Å². The van der Waals surface area contributed by atoms with Crippen molar-refractivity contribution in [3.05, 3.63) is 29.8 Å². The normalized spacial score (nSPS) is 20.1. The van der Waals surface area contributed by atoms with Gasteiger partial charge in [0.15, 0.2) is 0 Å². The van der Waals surface area contributed by atoms with Crippen LogP contribution >= 0.6 is 12.4 Å². The Bertz CT molecular complexity index is 605. The minimum absolute atomic E-state index is 0. The molecule has 23 heavy (non-hydrogen) atoms. The maximum Gasteiger partial charge on any atom is 0.393 e. The first-order valence-electron chi connectivity index (χ1n) is 7.05. The van der Waals surface area contributed by atoms with Crippen LogP contribution < -0.4 is 5.32 Å². The molecular weight excluding hydrogens is 353 g/mol. The quantitative estimate of drug-likeness (QED) is 0.883. The van der Waals surface area contributed by atoms with Gasteiger partial charge in [0.25, 0.3) is 0 Å². The standard InChI is InChI=1S/C14H19F3N2O2S.ClH/c1-18-12-3-2-8-19(10-12)22(20,21)13-6-4-11(5-7-13)9-14(15,16)17;/h4-7,12,18H,2-3,8-10H2,1H3;1H. The van der Waals surface area contributed by atoms with Crippen LogP contribution in [0, 0.1) is 0 Å². The average molecular weight is 373 g/mol. The molecule has 0 aromatic heterocycles. The van der Waals surface area contributed by atoms with Crippen LogP contribution in [0.4, 0.5) is 13.2 Å². The highest BCUT2D eigenvalue weighted by Gasteiger charge is 2.30. The van der Waals surface area contributed by atoms with Crippen molar-refractivity contribution >= 4 is 22.4 Å². The summed E-state index contributed by atoms with van der Waals surface area (Å²) in [6.45, 7) is 0.813. The maximum atomic E-state index is 12.5. The molecule has 0 bridgehead atoms. The third kappa shape index (κ3) is 5.34. The molecule has 0 aliphatic carbocycles. The lowest BCUT2D eigenvalue weighted by molar-refractivity contribution is -0.127. The Morgan fingerprint density at radius 2 is 1.87 bits per heavy atom. The Balaban J connectivity index is 0.00000264. The fourth-order valence-corrected chi connectivity index (χ4v) is 4.08. The largest absolute Gasteiger partial charge is 0.393 e. The van der Waals surface area contributed by atoms with Gasteiger partial charge in [-0.3, -0.25) is 0 Å². The smallest absolute Gasteiger partial charge is 0.316 e. The summed E-state index contributed by atoms with van der Waals surface area (Å²) in [7, 11) is -1.87. The summed E-state index contributed by atoms with van der Waals surface area (Å²) in [5.41, 5.74) is 0.0539. The van der Waals surface area contributed by atoms with E-state index in [1.54, 1.807) is 7.05 Å². The molecule has 0 saturated carbocycles. The minimum Gasteiger partial charge on any atom is -0.316 e. The monoisotopic (exact) mass is 372 g/mol. The molecule has 9 heteroatoms. The van der Waals surface area contributed by atoms with Gasteiger partial charge in [-0.2, -0.15) is 17.5 Å². The topological polar surface area (TPSA) is 49.4 Å². The van der Waals surface area contributed by atoms with Crippen molar-refractivity contribution in [2.24, 2.45) is 0 Å². The summed E-state index contributed by atoms with van der Waals surface area (Å²) >= 11 is 0. The number of nitrogens with zero attached hydrogens (tertiary/aromatic N) is 1. The van der Waals surface area contributed by atoms with Gasteiger partial charge >= 0.3 is 6.18 Å². The molecule has 0 radical (unpaired) electrons. The van der Waals surface area contributed by atoms with Crippen LogP contribution in [0.15, 0.2) is 29.2 Å². The van der Waals surface area contributed by atoms with Gasteiger partial charge in [0.2, 0.25) is 10.0 Å². The van der Waals surface area contributed by atoms with E-state index in [4.69, 9.17) is 0 Å². The number of alkyl halides is 3. The van der Waals surface area contributed by atoms with Crippen molar-refractivity contribution in [2.45, 2.75) is 36.4 Å². The fourth-order valence-electron chi connectivity index (χ4n) is 2.56. The van der Waals surface area contributed by atoms with E-state index in [9.17, 15) is 21.6 Å². The average Bonchev–Trinajstić information content (AvgIpc) is 2.46. The first kappa shape index (κ1) is 20.2. The number of hydrogen-bond donors (Lipinski definition) is 1. The van der Waals surface area contributed by atoms with Crippen molar-refractivity contribution in [1.82, 2.24) is 9.62 Å². The van der Waals surface area contributed by atoms with E-state index in [1.165, 1.54) is 28.6 Å². The molecule has 1 aromatic rings. The molecule has 4 nitrogen and oxygen atoms in total. The van der Waals surface area contributed by atoms with Gasteiger partial charge in [0, 0.05) is 19.1 Å². The lowest BCUT2D eigenvalue weighted by Gasteiger charge is -2.31. The second-order valence-electron chi connectivity index (χ2n) is 5.43. The van der Waals surface area contributed by atoms with Gasteiger partial charge in [-0.05, 0) is 37.6 Å². The van der Waals surface area contributed by atoms with Crippen LogP contribution in [0.1, 0.15) is 18.4 Å². The third-order valence-electron chi connectivity index (χ3n) is 3.76. The highest BCUT2D eigenvalue weighted by Crippen LogP contribution is 2.24. The van der Waals surface area contributed by atoms with Crippen LogP contribution in [0.3, 0.4) is 0 Å². The van der Waals surface area contributed by atoms with E-state index >= 15 is 0 Å². The van der Waals surface area contributed by atoms with Crippen molar-refractivity contribution in [2.75, 3.05) is 20.1 Å². The first-order valence-corrected chi connectivity index (χ1v) is 8.49. The Morgan fingerprint density at radius 3 is 2.39 bits per heavy atom. The summed E-state index contributed by atoms with van der Waals surface area (Å²) in [4.78, 5) is 0.0372. The van der Waals surface area contributed by atoms with Crippen molar-refractivity contribution < 1.29 is 21.6 Å². The zero-order valence-electron chi connectivity index (χ0n) is 12.6. The van der Waals surface area contributed by atoms with Crippen molar-refractivity contribution in [3.63, 3.8) is 0 Å². The first-order chi connectivity index (χ1) is 10.2. The number of halogens is 4. The van der Waals surface area contributed by atoms with Crippen LogP contribution in [0.2, 0.25) is 0 Å². The molecule has 0 amide bonds. The van der Waals surface area contributed by atoms with Crippen molar-refractivity contribution in [3.8, 4) is 0 Å². The van der Waals surface area contributed by atoms with E-state index in [0.29, 0.717) is 13.1 Å². The Kier molecular flexibility index (Phi) is 6.88. The molecule has 1 aliphatic rings. The van der Waals surface area contributed by atoms with Gasteiger partial charge in [0.1, 0.15) is 0 Å². The van der Waals surface area contributed by atoms with Gasteiger partial charge in [-0.15, -0.1) is 12.4 Å². The second-order valence-corrected chi connectivity index (χ2v) is 7.36. The van der Waals surface area contributed by atoms with Crippen LogP contribution in [0.25, 0.3) is 0 Å². The lowest BCUT2D eigenvalue weighted by atomic mass is 10.1. The number of nitrogens with one attached hydrogen (secondary N) is 1. The molecular formula is C14H20ClF3N2O2S. The summed E-state index contributed by atoms with van der Waals surface area (Å²) < 4.78 is 63.4. The number of piperidine rings is 1. The summed E-state index contributed by atoms with van der Waals surface area (Å²) in [5, 5.41) is 3.06. The highest BCUT2D eigenvalue weighted by atomic mass is 35.5. The summed E-state index contributed by atoms with van der Waals surface area (Å²) in [5.74, 6) is 0. The van der Waals surface area contributed by atoms with Gasteiger partial charge < -0.3 is 5.32 Å². The number of benzene rings is 1. The van der Waals surface area contributed by atoms with Crippen LogP contribution in [0.5, 0.6) is 0 Å². The number of rotatable bonds is 4. The summed E-state index contributed by atoms with van der Waals surface area (Å²) in [6, 6.07) is 5.05. The zero-order valence-corrected chi connectivity index (χ0v) is 14.3. The van der Waals surface area contributed by atoms with E-state index in [1.807, 2.05) is 0 Å². The molecule has 0 spiro atoms. The molecule has 1 saturated heterocycles. The molecule has 1 heterocycles. The molecule has 1 N–H and O–H groups in total. The van der Waals surface area contributed by atoms with Crippen LogP contribution in [-0.4, -0.2) is 45.1 Å². The Hall–Kier alpha value is -0.830. The Labute approximate surface area is 140 Å². The third-order valence-corrected chi connectivity index (χ3v) is 5.64. The van der Waals surface area contributed by atoms with E-state index in [-0.39, 0.29) is 28.9 Å². The number of hydrogen-bond acceptors (Lipinski definition) is 3. The predicted octanol–water partition coefficient (Wildman–Crippen LogP) is 2.59. The summed E-state index contributed by atoms with van der Waals surface area (Å²) in [6.07, 6.45) is -3.68. The number of sulfonamides is 1. The molecule has 1 unspecified atom stereocenters. The minimum atomic E-state index is -4.30. The molecule has 1 fully saturated rings. The van der Waals surface area contributed by atoms with E-state index < -0.39 is 22.6 Å². The lowest BCUT2D eigenvalue weighted by Crippen LogP contribution is -2.46. The second kappa shape index (κ2) is 7.83. The fraction of sp³-hybridized carbons (Fsp3) is 0.571. The Morgan fingerprint density at radius 1 is 1.26 bits per heavy atom. The van der Waals surface area contributed by atoms with E-state index in [2.05, 4.69) is 5.32 Å². The zero-order chi connectivity index (χ0) is 16.4. The van der Waals surface area contributed by atoms with E-state index in [0.717, 1.165) is 12.8 Å².